The second kappa shape index (κ2) is 8.91. The highest BCUT2D eigenvalue weighted by atomic mass is 16.5. The molecule has 136 valence electrons. The number of para-hydroxylation sites is 1. The lowest BCUT2D eigenvalue weighted by Crippen LogP contribution is -2.37. The van der Waals surface area contributed by atoms with E-state index >= 15 is 0 Å². The molecular weight excluding hydrogens is 328 g/mol. The van der Waals surface area contributed by atoms with Crippen molar-refractivity contribution in [2.24, 2.45) is 5.92 Å². The van der Waals surface area contributed by atoms with Crippen LogP contribution in [-0.2, 0) is 4.79 Å². The van der Waals surface area contributed by atoms with Crippen LogP contribution in [0, 0.1) is 17.2 Å². The third kappa shape index (κ3) is 5.25. The first-order valence-corrected chi connectivity index (χ1v) is 8.64. The number of carbonyl (C=O) groups excluding carboxylic acids is 1. The first kappa shape index (κ1) is 19.3. The van der Waals surface area contributed by atoms with Gasteiger partial charge in [0.1, 0.15) is 17.6 Å². The fourth-order valence-corrected chi connectivity index (χ4v) is 2.39. The molecule has 0 spiro atoms. The van der Waals surface area contributed by atoms with Gasteiger partial charge in [-0.05, 0) is 56.2 Å². The van der Waals surface area contributed by atoms with Crippen molar-refractivity contribution in [2.75, 3.05) is 5.32 Å². The molecule has 26 heavy (non-hydrogen) atoms. The van der Waals surface area contributed by atoms with Crippen LogP contribution in [0.3, 0.4) is 0 Å². The summed E-state index contributed by atoms with van der Waals surface area (Å²) in [4.78, 5) is 12.7. The van der Waals surface area contributed by atoms with E-state index in [1.54, 1.807) is 36.4 Å². The van der Waals surface area contributed by atoms with Crippen molar-refractivity contribution < 1.29 is 14.3 Å². The fraction of sp³-hybridized carbons (Fsp3) is 0.333. The van der Waals surface area contributed by atoms with Gasteiger partial charge in [0.2, 0.25) is 0 Å². The molecule has 0 saturated heterocycles. The number of nitrogens with zero attached hydrogens (tertiary/aromatic N) is 1. The maximum atomic E-state index is 12.7. The van der Waals surface area contributed by atoms with Crippen LogP contribution in [0.15, 0.2) is 48.5 Å². The zero-order valence-corrected chi connectivity index (χ0v) is 15.5. The third-order valence-corrected chi connectivity index (χ3v) is 3.62. The highest BCUT2D eigenvalue weighted by Gasteiger charge is 2.25. The molecule has 0 aliphatic heterocycles. The van der Waals surface area contributed by atoms with Gasteiger partial charge >= 0.3 is 0 Å². The van der Waals surface area contributed by atoms with Gasteiger partial charge in [0.25, 0.3) is 5.91 Å². The van der Waals surface area contributed by atoms with Crippen LogP contribution in [0.4, 0.5) is 5.69 Å². The van der Waals surface area contributed by atoms with Crippen LogP contribution in [0.25, 0.3) is 0 Å². The Morgan fingerprint density at radius 1 is 1.00 bits per heavy atom. The normalized spacial score (nSPS) is 11.7. The van der Waals surface area contributed by atoms with Crippen molar-refractivity contribution in [3.63, 3.8) is 0 Å². The van der Waals surface area contributed by atoms with Gasteiger partial charge in [0.15, 0.2) is 6.10 Å². The number of nitrogens with one attached hydrogen (secondary N) is 1. The molecule has 2 aromatic carbocycles. The number of ether oxygens (including phenoxy) is 2. The predicted octanol–water partition coefficient (Wildman–Crippen LogP) is 4.39. The van der Waals surface area contributed by atoms with Crippen molar-refractivity contribution in [2.45, 2.75) is 39.9 Å². The molecule has 0 heterocycles. The molecule has 1 unspecified atom stereocenters. The van der Waals surface area contributed by atoms with E-state index in [4.69, 9.17) is 9.47 Å². The van der Waals surface area contributed by atoms with Crippen LogP contribution >= 0.6 is 0 Å². The van der Waals surface area contributed by atoms with Crippen LogP contribution in [0.2, 0.25) is 0 Å². The zero-order valence-electron chi connectivity index (χ0n) is 15.5. The number of rotatable bonds is 7. The summed E-state index contributed by atoms with van der Waals surface area (Å²) >= 11 is 0. The van der Waals surface area contributed by atoms with Gasteiger partial charge < -0.3 is 14.8 Å². The maximum Gasteiger partial charge on any atom is 0.265 e. The molecular formula is C21H24N2O3. The summed E-state index contributed by atoms with van der Waals surface area (Å²) in [6.07, 6.45) is -0.620. The number of hydrogen-bond donors (Lipinski definition) is 1. The highest BCUT2D eigenvalue weighted by molar-refractivity contribution is 5.94. The second-order valence-electron chi connectivity index (χ2n) is 6.57. The smallest absolute Gasteiger partial charge is 0.265 e. The van der Waals surface area contributed by atoms with Gasteiger partial charge in [-0.2, -0.15) is 5.26 Å². The molecule has 0 saturated carbocycles. The molecule has 1 amide bonds. The molecule has 1 N–H and O–H groups in total. The Morgan fingerprint density at radius 3 is 2.23 bits per heavy atom. The van der Waals surface area contributed by atoms with Gasteiger partial charge in [-0.15, -0.1) is 0 Å². The second-order valence-corrected chi connectivity index (χ2v) is 6.57. The number of benzene rings is 2. The monoisotopic (exact) mass is 352 g/mol. The lowest BCUT2D eigenvalue weighted by atomic mass is 10.1. The van der Waals surface area contributed by atoms with Crippen LogP contribution in [0.1, 0.15) is 33.3 Å². The number of amides is 1. The molecule has 0 fully saturated rings. The summed E-state index contributed by atoms with van der Waals surface area (Å²) in [5.74, 6) is 0.831. The average molecular weight is 352 g/mol. The van der Waals surface area contributed by atoms with E-state index in [0.29, 0.717) is 17.0 Å². The standard InChI is InChI=1S/C21H24N2O3/c1-14(2)20(26-19-8-6-5-7-16(19)13-22)21(24)23-17-9-11-18(12-10-17)25-15(3)4/h5-12,14-15,20H,1-4H3,(H,23,24). The summed E-state index contributed by atoms with van der Waals surface area (Å²) in [6.45, 7) is 7.72. The Morgan fingerprint density at radius 2 is 1.65 bits per heavy atom. The van der Waals surface area contributed by atoms with Crippen molar-refractivity contribution in [1.29, 1.82) is 5.26 Å². The van der Waals surface area contributed by atoms with E-state index in [2.05, 4.69) is 11.4 Å². The molecule has 0 bridgehead atoms. The van der Waals surface area contributed by atoms with Crippen LogP contribution < -0.4 is 14.8 Å². The van der Waals surface area contributed by atoms with E-state index in [-0.39, 0.29) is 17.9 Å². The summed E-state index contributed by atoms with van der Waals surface area (Å²) in [6, 6.07) is 16.2. The van der Waals surface area contributed by atoms with E-state index in [1.165, 1.54) is 0 Å². The van der Waals surface area contributed by atoms with E-state index < -0.39 is 6.10 Å². The van der Waals surface area contributed by atoms with Gasteiger partial charge in [-0.25, -0.2) is 0 Å². The van der Waals surface area contributed by atoms with Gasteiger partial charge in [-0.1, -0.05) is 26.0 Å². The molecule has 1 atom stereocenters. The zero-order chi connectivity index (χ0) is 19.1. The first-order valence-electron chi connectivity index (χ1n) is 8.64. The summed E-state index contributed by atoms with van der Waals surface area (Å²) < 4.78 is 11.4. The highest BCUT2D eigenvalue weighted by Crippen LogP contribution is 2.22. The fourth-order valence-electron chi connectivity index (χ4n) is 2.39. The van der Waals surface area contributed by atoms with Crippen molar-refractivity contribution in [3.8, 4) is 17.6 Å². The van der Waals surface area contributed by atoms with Gasteiger partial charge in [-0.3, -0.25) is 4.79 Å². The largest absolute Gasteiger partial charge is 0.491 e. The first-order chi connectivity index (χ1) is 12.4. The molecule has 0 aliphatic carbocycles. The number of hydrogen-bond acceptors (Lipinski definition) is 4. The lowest BCUT2D eigenvalue weighted by Gasteiger charge is -2.22. The minimum absolute atomic E-state index is 0.0645. The lowest BCUT2D eigenvalue weighted by molar-refractivity contribution is -0.124. The SMILES string of the molecule is CC(C)Oc1ccc(NC(=O)C(Oc2ccccc2C#N)C(C)C)cc1. The molecule has 2 aromatic rings. The minimum Gasteiger partial charge on any atom is -0.491 e. The molecule has 0 aliphatic rings. The van der Waals surface area contributed by atoms with Crippen molar-refractivity contribution >= 4 is 11.6 Å². The number of nitriles is 1. The van der Waals surface area contributed by atoms with Gasteiger partial charge in [0, 0.05) is 5.69 Å². The summed E-state index contributed by atoms with van der Waals surface area (Å²) in [7, 11) is 0. The Kier molecular flexibility index (Phi) is 6.62. The molecule has 5 heteroatoms. The van der Waals surface area contributed by atoms with E-state index in [9.17, 15) is 10.1 Å². The molecule has 0 radical (unpaired) electrons. The number of carbonyl (C=O) groups is 1. The van der Waals surface area contributed by atoms with Crippen molar-refractivity contribution in [1.82, 2.24) is 0 Å². The molecule has 2 rings (SSSR count). The Balaban J connectivity index is 2.10. The van der Waals surface area contributed by atoms with Crippen LogP contribution in [-0.4, -0.2) is 18.1 Å². The summed E-state index contributed by atoms with van der Waals surface area (Å²) in [5.41, 5.74) is 1.06. The van der Waals surface area contributed by atoms with E-state index in [0.717, 1.165) is 5.75 Å². The van der Waals surface area contributed by atoms with Gasteiger partial charge in [0.05, 0.1) is 11.7 Å². The Hall–Kier alpha value is -3.00. The quantitative estimate of drug-likeness (QED) is 0.802. The predicted molar refractivity (Wildman–Crippen MR) is 101 cm³/mol. The molecule has 5 nitrogen and oxygen atoms in total. The minimum atomic E-state index is -0.712. The van der Waals surface area contributed by atoms with Crippen molar-refractivity contribution in [3.05, 3.63) is 54.1 Å². The Labute approximate surface area is 154 Å². The third-order valence-electron chi connectivity index (χ3n) is 3.62. The molecule has 0 aromatic heterocycles. The van der Waals surface area contributed by atoms with E-state index in [1.807, 2.05) is 39.8 Å². The summed E-state index contributed by atoms with van der Waals surface area (Å²) in [5, 5.41) is 12.0. The van der Waals surface area contributed by atoms with Crippen LogP contribution in [0.5, 0.6) is 11.5 Å². The topological polar surface area (TPSA) is 71.3 Å². The maximum absolute atomic E-state index is 12.7. The number of anilines is 1. The average Bonchev–Trinajstić information content (AvgIpc) is 2.60. The Bertz CT molecular complexity index is 777.